The van der Waals surface area contributed by atoms with Crippen LogP contribution < -0.4 is 5.32 Å². The molecule has 1 unspecified atom stereocenters. The topological polar surface area (TPSA) is 12.0 Å². The van der Waals surface area contributed by atoms with Crippen molar-refractivity contribution < 1.29 is 0 Å². The standard InChI is InChI=1S/C11H23NS/c1-3-10(9-12-2)13-11-7-5-4-6-8-11/h10-12H,3-9H2,1-2H3. The highest BCUT2D eigenvalue weighted by molar-refractivity contribution is 8.00. The van der Waals surface area contributed by atoms with Gasteiger partial charge in [-0.05, 0) is 26.3 Å². The third-order valence-electron chi connectivity index (χ3n) is 2.82. The van der Waals surface area contributed by atoms with Crippen LogP contribution >= 0.6 is 11.8 Å². The Morgan fingerprint density at radius 3 is 2.54 bits per heavy atom. The second kappa shape index (κ2) is 6.72. The number of nitrogens with one attached hydrogen (secondary N) is 1. The summed E-state index contributed by atoms with van der Waals surface area (Å²) in [6, 6.07) is 0. The van der Waals surface area contributed by atoms with Crippen LogP contribution in [0.5, 0.6) is 0 Å². The van der Waals surface area contributed by atoms with Crippen molar-refractivity contribution in [3.63, 3.8) is 0 Å². The van der Waals surface area contributed by atoms with Gasteiger partial charge in [0.15, 0.2) is 0 Å². The quantitative estimate of drug-likeness (QED) is 0.734. The molecule has 1 saturated carbocycles. The van der Waals surface area contributed by atoms with E-state index in [0.29, 0.717) is 0 Å². The second-order valence-electron chi connectivity index (χ2n) is 3.98. The molecular weight excluding hydrogens is 178 g/mol. The lowest BCUT2D eigenvalue weighted by molar-refractivity contribution is 0.513. The minimum Gasteiger partial charge on any atom is -0.319 e. The predicted molar refractivity (Wildman–Crippen MR) is 62.5 cm³/mol. The van der Waals surface area contributed by atoms with Gasteiger partial charge in [-0.1, -0.05) is 26.2 Å². The van der Waals surface area contributed by atoms with Gasteiger partial charge in [0.2, 0.25) is 0 Å². The van der Waals surface area contributed by atoms with Crippen molar-refractivity contribution in [2.24, 2.45) is 0 Å². The maximum atomic E-state index is 3.29. The van der Waals surface area contributed by atoms with Gasteiger partial charge in [-0.15, -0.1) is 0 Å². The third-order valence-corrected chi connectivity index (χ3v) is 4.57. The molecular formula is C11H23NS. The molecule has 0 heterocycles. The monoisotopic (exact) mass is 201 g/mol. The van der Waals surface area contributed by atoms with Gasteiger partial charge < -0.3 is 5.32 Å². The molecule has 1 aliphatic rings. The molecule has 0 aromatic heterocycles. The number of hydrogen-bond acceptors (Lipinski definition) is 2. The average Bonchev–Trinajstić information content (AvgIpc) is 2.19. The van der Waals surface area contributed by atoms with Crippen LogP contribution in [0.15, 0.2) is 0 Å². The summed E-state index contributed by atoms with van der Waals surface area (Å²) in [6.45, 7) is 3.48. The molecule has 1 atom stereocenters. The average molecular weight is 201 g/mol. The summed E-state index contributed by atoms with van der Waals surface area (Å²) in [5.74, 6) is 0. The van der Waals surface area contributed by atoms with Gasteiger partial charge in [-0.25, -0.2) is 0 Å². The highest BCUT2D eigenvalue weighted by Crippen LogP contribution is 2.31. The molecule has 1 rings (SSSR count). The summed E-state index contributed by atoms with van der Waals surface area (Å²) in [4.78, 5) is 0. The molecule has 1 aliphatic carbocycles. The first kappa shape index (κ1) is 11.4. The Balaban J connectivity index is 2.18. The summed E-state index contributed by atoms with van der Waals surface area (Å²) in [5, 5.41) is 5.09. The highest BCUT2D eigenvalue weighted by atomic mass is 32.2. The Labute approximate surface area is 87.1 Å². The zero-order valence-electron chi connectivity index (χ0n) is 9.01. The Hall–Kier alpha value is 0.310. The fraction of sp³-hybridized carbons (Fsp3) is 1.00. The van der Waals surface area contributed by atoms with Gasteiger partial charge in [0.1, 0.15) is 0 Å². The Morgan fingerprint density at radius 2 is 2.00 bits per heavy atom. The molecule has 1 nitrogen and oxygen atoms in total. The molecule has 13 heavy (non-hydrogen) atoms. The number of thioether (sulfide) groups is 1. The van der Waals surface area contributed by atoms with Crippen molar-refractivity contribution in [1.29, 1.82) is 0 Å². The van der Waals surface area contributed by atoms with Gasteiger partial charge in [-0.3, -0.25) is 0 Å². The van der Waals surface area contributed by atoms with Gasteiger partial charge in [0, 0.05) is 17.0 Å². The number of hydrogen-bond donors (Lipinski definition) is 1. The van der Waals surface area contributed by atoms with E-state index in [0.717, 1.165) is 10.5 Å². The molecule has 0 spiro atoms. The molecule has 0 aromatic carbocycles. The van der Waals surface area contributed by atoms with Gasteiger partial charge >= 0.3 is 0 Å². The summed E-state index contributed by atoms with van der Waals surface area (Å²) in [5.41, 5.74) is 0. The first-order valence-corrected chi connectivity index (χ1v) is 6.61. The molecule has 0 aliphatic heterocycles. The van der Waals surface area contributed by atoms with Crippen molar-refractivity contribution in [3.8, 4) is 0 Å². The van der Waals surface area contributed by atoms with Crippen LogP contribution in [-0.2, 0) is 0 Å². The van der Waals surface area contributed by atoms with Crippen molar-refractivity contribution >= 4 is 11.8 Å². The molecule has 2 heteroatoms. The van der Waals surface area contributed by atoms with E-state index in [1.165, 1.54) is 45.1 Å². The van der Waals surface area contributed by atoms with Gasteiger partial charge in [0.05, 0.1) is 0 Å². The highest BCUT2D eigenvalue weighted by Gasteiger charge is 2.17. The molecule has 0 amide bonds. The number of rotatable bonds is 5. The molecule has 78 valence electrons. The minimum absolute atomic E-state index is 0.841. The van der Waals surface area contributed by atoms with Crippen LogP contribution in [0.4, 0.5) is 0 Å². The first-order chi connectivity index (χ1) is 6.36. The third kappa shape index (κ3) is 4.37. The molecule has 0 bridgehead atoms. The van der Waals surface area contributed by atoms with Crippen molar-refractivity contribution in [2.45, 2.75) is 55.9 Å². The van der Waals surface area contributed by atoms with E-state index < -0.39 is 0 Å². The molecule has 1 fully saturated rings. The zero-order chi connectivity index (χ0) is 9.52. The van der Waals surface area contributed by atoms with E-state index in [1.54, 1.807) is 0 Å². The van der Waals surface area contributed by atoms with Crippen LogP contribution in [0.3, 0.4) is 0 Å². The largest absolute Gasteiger partial charge is 0.319 e. The van der Waals surface area contributed by atoms with Crippen molar-refractivity contribution in [2.75, 3.05) is 13.6 Å². The molecule has 1 N–H and O–H groups in total. The Bertz CT molecular complexity index is 119. The normalized spacial score (nSPS) is 21.7. The second-order valence-corrected chi connectivity index (χ2v) is 5.59. The lowest BCUT2D eigenvalue weighted by Crippen LogP contribution is -2.23. The predicted octanol–water partition coefficient (Wildman–Crippen LogP) is 3.05. The van der Waals surface area contributed by atoms with Crippen LogP contribution in [0.25, 0.3) is 0 Å². The van der Waals surface area contributed by atoms with E-state index in [4.69, 9.17) is 0 Å². The smallest absolute Gasteiger partial charge is 0.0172 e. The van der Waals surface area contributed by atoms with E-state index in [1.807, 2.05) is 0 Å². The Morgan fingerprint density at radius 1 is 1.31 bits per heavy atom. The van der Waals surface area contributed by atoms with E-state index >= 15 is 0 Å². The SMILES string of the molecule is CCC(CNC)SC1CCCCC1. The lowest BCUT2D eigenvalue weighted by atomic mass is 10.0. The van der Waals surface area contributed by atoms with Crippen LogP contribution in [-0.4, -0.2) is 24.1 Å². The summed E-state index contributed by atoms with van der Waals surface area (Å²) in [6.07, 6.45) is 8.64. The van der Waals surface area contributed by atoms with Gasteiger partial charge in [0.25, 0.3) is 0 Å². The molecule has 0 saturated heterocycles. The van der Waals surface area contributed by atoms with Crippen LogP contribution in [0.2, 0.25) is 0 Å². The maximum absolute atomic E-state index is 3.29. The zero-order valence-corrected chi connectivity index (χ0v) is 9.83. The fourth-order valence-corrected chi connectivity index (χ4v) is 3.59. The van der Waals surface area contributed by atoms with Gasteiger partial charge in [-0.2, -0.15) is 11.8 Å². The molecule has 0 aromatic rings. The van der Waals surface area contributed by atoms with E-state index in [2.05, 4.69) is 31.1 Å². The van der Waals surface area contributed by atoms with E-state index in [9.17, 15) is 0 Å². The summed E-state index contributed by atoms with van der Waals surface area (Å²) in [7, 11) is 2.06. The van der Waals surface area contributed by atoms with Crippen molar-refractivity contribution in [3.05, 3.63) is 0 Å². The van der Waals surface area contributed by atoms with Crippen LogP contribution in [0.1, 0.15) is 45.4 Å². The summed E-state index contributed by atoms with van der Waals surface area (Å²) < 4.78 is 0. The first-order valence-electron chi connectivity index (χ1n) is 5.67. The van der Waals surface area contributed by atoms with E-state index in [-0.39, 0.29) is 0 Å². The molecule has 0 radical (unpaired) electrons. The summed E-state index contributed by atoms with van der Waals surface area (Å²) >= 11 is 2.23. The fourth-order valence-electron chi connectivity index (χ4n) is 1.99. The Kier molecular flexibility index (Phi) is 5.88. The lowest BCUT2D eigenvalue weighted by Gasteiger charge is -2.25. The van der Waals surface area contributed by atoms with Crippen LogP contribution in [0, 0.1) is 0 Å². The van der Waals surface area contributed by atoms with Crippen molar-refractivity contribution in [1.82, 2.24) is 5.32 Å². The maximum Gasteiger partial charge on any atom is 0.0172 e. The minimum atomic E-state index is 0.841.